The molecule has 6 nitrogen and oxygen atoms in total. The lowest BCUT2D eigenvalue weighted by Crippen LogP contribution is -2.32. The van der Waals surface area contributed by atoms with Crippen LogP contribution >= 0.6 is 0 Å². The average molecular weight is 318 g/mol. The fraction of sp³-hybridized carbons (Fsp3) is 0.412. The van der Waals surface area contributed by atoms with Gasteiger partial charge in [-0.2, -0.15) is 0 Å². The zero-order valence-electron chi connectivity index (χ0n) is 13.6. The van der Waals surface area contributed by atoms with E-state index in [1.807, 2.05) is 24.4 Å². The Hall–Kier alpha value is -2.50. The third-order valence-corrected chi connectivity index (χ3v) is 3.98. The number of benzene rings is 1. The van der Waals surface area contributed by atoms with Gasteiger partial charge in [0.1, 0.15) is 5.75 Å². The molecule has 2 rings (SSSR count). The van der Waals surface area contributed by atoms with Crippen molar-refractivity contribution in [3.8, 4) is 5.75 Å². The molecule has 1 aromatic heterocycles. The van der Waals surface area contributed by atoms with Crippen LogP contribution < -0.4 is 10.1 Å². The van der Waals surface area contributed by atoms with Crippen molar-refractivity contribution >= 4 is 22.8 Å². The SMILES string of the molecule is COc1ccc2[nH]cc(CC(=O)NCCC(C)(C)C(=O)O)c2c1. The lowest BCUT2D eigenvalue weighted by molar-refractivity contribution is -0.147. The first-order chi connectivity index (χ1) is 10.8. The number of H-pyrrole nitrogens is 1. The van der Waals surface area contributed by atoms with Gasteiger partial charge in [-0.25, -0.2) is 0 Å². The molecule has 0 saturated carbocycles. The van der Waals surface area contributed by atoms with E-state index in [2.05, 4.69) is 10.3 Å². The second-order valence-electron chi connectivity index (χ2n) is 6.19. The molecular formula is C17H22N2O4. The number of aliphatic carboxylic acids is 1. The summed E-state index contributed by atoms with van der Waals surface area (Å²) in [7, 11) is 1.60. The molecular weight excluding hydrogens is 296 g/mol. The predicted octanol–water partition coefficient (Wildman–Crippen LogP) is 2.34. The third kappa shape index (κ3) is 4.03. The standard InChI is InChI=1S/C17H22N2O4/c1-17(2,16(21)22)6-7-18-15(20)8-11-10-19-14-5-4-12(23-3)9-13(11)14/h4-5,9-10,19H,6-8H2,1-3H3,(H,18,20)(H,21,22). The van der Waals surface area contributed by atoms with Crippen LogP contribution in [0.4, 0.5) is 0 Å². The van der Waals surface area contributed by atoms with Gasteiger partial charge >= 0.3 is 5.97 Å². The van der Waals surface area contributed by atoms with Crippen LogP contribution in [0.15, 0.2) is 24.4 Å². The van der Waals surface area contributed by atoms with Crippen LogP contribution in [-0.4, -0.2) is 35.6 Å². The number of carboxylic acids is 1. The van der Waals surface area contributed by atoms with Crippen LogP contribution in [0.3, 0.4) is 0 Å². The van der Waals surface area contributed by atoms with Crippen LogP contribution in [-0.2, 0) is 16.0 Å². The van der Waals surface area contributed by atoms with Crippen LogP contribution in [0.1, 0.15) is 25.8 Å². The Morgan fingerprint density at radius 1 is 1.35 bits per heavy atom. The van der Waals surface area contributed by atoms with E-state index in [4.69, 9.17) is 9.84 Å². The number of aromatic amines is 1. The molecule has 3 N–H and O–H groups in total. The van der Waals surface area contributed by atoms with E-state index >= 15 is 0 Å². The van der Waals surface area contributed by atoms with Crippen LogP contribution in [0.2, 0.25) is 0 Å². The normalized spacial score (nSPS) is 11.4. The van der Waals surface area contributed by atoms with E-state index in [0.717, 1.165) is 22.2 Å². The lowest BCUT2D eigenvalue weighted by Gasteiger charge is -2.18. The molecule has 0 spiro atoms. The van der Waals surface area contributed by atoms with Crippen molar-refractivity contribution in [2.24, 2.45) is 5.41 Å². The molecule has 1 heterocycles. The molecule has 124 valence electrons. The Morgan fingerprint density at radius 3 is 2.74 bits per heavy atom. The highest BCUT2D eigenvalue weighted by Crippen LogP contribution is 2.24. The van der Waals surface area contributed by atoms with Gasteiger partial charge < -0.3 is 20.1 Å². The number of aromatic nitrogens is 1. The maximum Gasteiger partial charge on any atom is 0.309 e. The predicted molar refractivity (Wildman–Crippen MR) is 87.6 cm³/mol. The van der Waals surface area contributed by atoms with Gasteiger partial charge in [-0.3, -0.25) is 9.59 Å². The molecule has 0 unspecified atom stereocenters. The first-order valence-corrected chi connectivity index (χ1v) is 7.47. The summed E-state index contributed by atoms with van der Waals surface area (Å²) in [4.78, 5) is 26.2. The van der Waals surface area contributed by atoms with Crippen molar-refractivity contribution in [3.63, 3.8) is 0 Å². The molecule has 6 heteroatoms. The molecule has 23 heavy (non-hydrogen) atoms. The summed E-state index contributed by atoms with van der Waals surface area (Å²) in [5.74, 6) is -0.257. The minimum atomic E-state index is -0.865. The number of hydrogen-bond donors (Lipinski definition) is 3. The first-order valence-electron chi connectivity index (χ1n) is 7.47. The fourth-order valence-corrected chi connectivity index (χ4v) is 2.29. The summed E-state index contributed by atoms with van der Waals surface area (Å²) >= 11 is 0. The zero-order valence-corrected chi connectivity index (χ0v) is 13.6. The second kappa shape index (κ2) is 6.73. The quantitative estimate of drug-likeness (QED) is 0.730. The van der Waals surface area contributed by atoms with E-state index < -0.39 is 11.4 Å². The highest BCUT2D eigenvalue weighted by molar-refractivity contribution is 5.89. The first kappa shape index (κ1) is 16.9. The summed E-state index contributed by atoms with van der Waals surface area (Å²) in [5, 5.41) is 12.8. The minimum Gasteiger partial charge on any atom is -0.497 e. The number of carboxylic acid groups (broad SMARTS) is 1. The number of nitrogens with one attached hydrogen (secondary N) is 2. The average Bonchev–Trinajstić information content (AvgIpc) is 2.89. The van der Waals surface area contributed by atoms with E-state index in [9.17, 15) is 9.59 Å². The Balaban J connectivity index is 1.97. The number of rotatable bonds is 7. The van der Waals surface area contributed by atoms with E-state index in [-0.39, 0.29) is 12.3 Å². The maximum absolute atomic E-state index is 12.1. The van der Waals surface area contributed by atoms with E-state index in [0.29, 0.717) is 13.0 Å². The van der Waals surface area contributed by atoms with Crippen LogP contribution in [0.25, 0.3) is 10.9 Å². The fourth-order valence-electron chi connectivity index (χ4n) is 2.29. The molecule has 0 fully saturated rings. The van der Waals surface area contributed by atoms with Gasteiger partial charge in [-0.1, -0.05) is 0 Å². The summed E-state index contributed by atoms with van der Waals surface area (Å²) in [5.41, 5.74) is 0.982. The number of carbonyl (C=O) groups is 2. The van der Waals surface area contributed by atoms with Crippen LogP contribution in [0, 0.1) is 5.41 Å². The van der Waals surface area contributed by atoms with Gasteiger partial charge in [0.15, 0.2) is 0 Å². The van der Waals surface area contributed by atoms with E-state index in [1.54, 1.807) is 21.0 Å². The number of hydrogen-bond acceptors (Lipinski definition) is 3. The van der Waals surface area contributed by atoms with Crippen molar-refractivity contribution in [2.75, 3.05) is 13.7 Å². The largest absolute Gasteiger partial charge is 0.497 e. The van der Waals surface area contributed by atoms with Crippen LogP contribution in [0.5, 0.6) is 5.75 Å². The van der Waals surface area contributed by atoms with Gasteiger partial charge in [0.25, 0.3) is 0 Å². The van der Waals surface area contributed by atoms with Crippen molar-refractivity contribution < 1.29 is 19.4 Å². The third-order valence-electron chi connectivity index (χ3n) is 3.98. The van der Waals surface area contributed by atoms with Crippen molar-refractivity contribution in [1.82, 2.24) is 10.3 Å². The highest BCUT2D eigenvalue weighted by Gasteiger charge is 2.26. The molecule has 1 aromatic carbocycles. The monoisotopic (exact) mass is 318 g/mol. The number of methoxy groups -OCH3 is 1. The van der Waals surface area contributed by atoms with Crippen molar-refractivity contribution in [2.45, 2.75) is 26.7 Å². The Labute approximate surface area is 134 Å². The molecule has 1 amide bonds. The van der Waals surface area contributed by atoms with Gasteiger partial charge in [-0.15, -0.1) is 0 Å². The topological polar surface area (TPSA) is 91.4 Å². The molecule has 2 aromatic rings. The summed E-state index contributed by atoms with van der Waals surface area (Å²) < 4.78 is 5.21. The smallest absolute Gasteiger partial charge is 0.309 e. The molecule has 0 radical (unpaired) electrons. The molecule has 0 bridgehead atoms. The molecule has 0 aliphatic carbocycles. The molecule has 0 aliphatic rings. The summed E-state index contributed by atoms with van der Waals surface area (Å²) in [6.45, 7) is 3.63. The molecule has 0 aliphatic heterocycles. The number of ether oxygens (including phenoxy) is 1. The Bertz CT molecular complexity index is 718. The number of carbonyl (C=O) groups excluding carboxylic acids is 1. The van der Waals surface area contributed by atoms with Gasteiger partial charge in [0.2, 0.25) is 5.91 Å². The molecule has 0 atom stereocenters. The van der Waals surface area contributed by atoms with Crippen molar-refractivity contribution in [3.05, 3.63) is 30.0 Å². The number of amides is 1. The summed E-state index contributed by atoms with van der Waals surface area (Å²) in [6.07, 6.45) is 2.43. The second-order valence-corrected chi connectivity index (χ2v) is 6.19. The lowest BCUT2D eigenvalue weighted by atomic mass is 9.90. The Morgan fingerprint density at radius 2 is 2.09 bits per heavy atom. The van der Waals surface area contributed by atoms with Gasteiger partial charge in [-0.05, 0) is 44.0 Å². The van der Waals surface area contributed by atoms with Crippen molar-refractivity contribution in [1.29, 1.82) is 0 Å². The highest BCUT2D eigenvalue weighted by atomic mass is 16.5. The molecule has 0 saturated heterocycles. The maximum atomic E-state index is 12.1. The minimum absolute atomic E-state index is 0.130. The zero-order chi connectivity index (χ0) is 17.0. The summed E-state index contributed by atoms with van der Waals surface area (Å²) in [6, 6.07) is 5.66. The number of fused-ring (bicyclic) bond motifs is 1. The Kier molecular flexibility index (Phi) is 4.93. The van der Waals surface area contributed by atoms with Gasteiger partial charge in [0, 0.05) is 23.6 Å². The van der Waals surface area contributed by atoms with Gasteiger partial charge in [0.05, 0.1) is 18.9 Å². The van der Waals surface area contributed by atoms with E-state index in [1.165, 1.54) is 0 Å².